The Kier molecular flexibility index (Phi) is 10.5. The third-order valence-corrected chi connectivity index (χ3v) is 5.02. The molecule has 0 bridgehead atoms. The van der Waals surface area contributed by atoms with Crippen molar-refractivity contribution in [2.45, 2.75) is 32.8 Å². The Hall–Kier alpha value is -2.07. The van der Waals surface area contributed by atoms with Crippen LogP contribution < -0.4 is 25.6 Å². The number of nitrogens with one attached hydrogen (secondary N) is 3. The predicted octanol–water partition coefficient (Wildman–Crippen LogP) is 5.04. The van der Waals surface area contributed by atoms with Gasteiger partial charge in [0.1, 0.15) is 11.5 Å². The zero-order chi connectivity index (χ0) is 23.7. The van der Waals surface area contributed by atoms with Gasteiger partial charge in [0.05, 0.1) is 23.3 Å². The minimum Gasteiger partial charge on any atom is -0.492 e. The first-order valence-corrected chi connectivity index (χ1v) is 11.6. The molecular weight excluding hydrogens is 541 g/mol. The Morgan fingerprint density at radius 2 is 1.81 bits per heavy atom. The van der Waals surface area contributed by atoms with Crippen molar-refractivity contribution in [2.24, 2.45) is 0 Å². The number of hydrazine groups is 1. The van der Waals surface area contributed by atoms with Crippen molar-refractivity contribution in [3.05, 3.63) is 56.5 Å². The lowest BCUT2D eigenvalue weighted by molar-refractivity contribution is -0.121. The van der Waals surface area contributed by atoms with E-state index in [4.69, 9.17) is 44.9 Å². The molecule has 2 aromatic carbocycles. The van der Waals surface area contributed by atoms with Crippen molar-refractivity contribution < 1.29 is 19.1 Å². The molecular formula is C21H22BrCl2N3O4S. The van der Waals surface area contributed by atoms with Crippen LogP contribution in [0.1, 0.15) is 37.0 Å². The minimum absolute atomic E-state index is 0.0528. The molecule has 0 aliphatic rings. The first-order valence-electron chi connectivity index (χ1n) is 9.60. The van der Waals surface area contributed by atoms with Crippen LogP contribution >= 0.6 is 51.3 Å². The highest BCUT2D eigenvalue weighted by Gasteiger charge is 2.16. The summed E-state index contributed by atoms with van der Waals surface area (Å²) in [5.74, 6) is 0.126. The molecule has 0 saturated carbocycles. The van der Waals surface area contributed by atoms with Crippen LogP contribution in [0.25, 0.3) is 0 Å². The van der Waals surface area contributed by atoms with Crippen molar-refractivity contribution in [1.82, 2.24) is 16.2 Å². The zero-order valence-corrected chi connectivity index (χ0v) is 21.3. The van der Waals surface area contributed by atoms with Crippen molar-refractivity contribution in [2.75, 3.05) is 6.61 Å². The standard InChI is InChI=1S/C21H22BrCl2N3O4S/c1-12(2)31-17-7-5-13(22)10-15(17)20(29)25-21(32)27-26-19(28)4-3-9-30-18-8-6-14(23)11-16(18)24/h5-8,10-12H,3-4,9H2,1-2H3,(H,26,28)(H2,25,27,29,32). The van der Waals surface area contributed by atoms with Crippen LogP contribution in [0.3, 0.4) is 0 Å². The highest BCUT2D eigenvalue weighted by molar-refractivity contribution is 9.10. The van der Waals surface area contributed by atoms with Gasteiger partial charge in [-0.05, 0) is 68.9 Å². The van der Waals surface area contributed by atoms with Crippen LogP contribution in [-0.2, 0) is 4.79 Å². The number of carbonyl (C=O) groups excluding carboxylic acids is 2. The second-order valence-corrected chi connectivity index (χ2v) is 8.96. The quantitative estimate of drug-likeness (QED) is 0.237. The van der Waals surface area contributed by atoms with Gasteiger partial charge >= 0.3 is 0 Å². The van der Waals surface area contributed by atoms with Gasteiger partial charge in [-0.2, -0.15) is 0 Å². The maximum atomic E-state index is 12.6. The maximum absolute atomic E-state index is 12.6. The summed E-state index contributed by atoms with van der Waals surface area (Å²) in [5, 5.41) is 3.37. The maximum Gasteiger partial charge on any atom is 0.261 e. The number of ether oxygens (including phenoxy) is 2. The second kappa shape index (κ2) is 12.8. The topological polar surface area (TPSA) is 88.7 Å². The van der Waals surface area contributed by atoms with Gasteiger partial charge < -0.3 is 9.47 Å². The molecule has 0 spiro atoms. The largest absolute Gasteiger partial charge is 0.492 e. The van der Waals surface area contributed by atoms with E-state index in [1.807, 2.05) is 13.8 Å². The van der Waals surface area contributed by atoms with E-state index in [1.165, 1.54) is 0 Å². The number of hydrogen-bond donors (Lipinski definition) is 3. The summed E-state index contributed by atoms with van der Waals surface area (Å²) >= 11 is 20.3. The molecule has 0 aliphatic carbocycles. The van der Waals surface area contributed by atoms with Gasteiger partial charge in [-0.15, -0.1) is 0 Å². The molecule has 2 aromatic rings. The lowest BCUT2D eigenvalue weighted by Crippen LogP contribution is -2.48. The fraction of sp³-hybridized carbons (Fsp3) is 0.286. The Bertz CT molecular complexity index is 992. The summed E-state index contributed by atoms with van der Waals surface area (Å²) in [7, 11) is 0. The smallest absolute Gasteiger partial charge is 0.261 e. The first kappa shape index (κ1) is 26.2. The monoisotopic (exact) mass is 561 g/mol. The number of rotatable bonds is 8. The molecule has 0 atom stereocenters. The summed E-state index contributed by atoms with van der Waals surface area (Å²) in [6.45, 7) is 4.01. The molecule has 2 amide bonds. The highest BCUT2D eigenvalue weighted by atomic mass is 79.9. The lowest BCUT2D eigenvalue weighted by atomic mass is 10.2. The van der Waals surface area contributed by atoms with Gasteiger partial charge in [-0.3, -0.25) is 25.8 Å². The van der Waals surface area contributed by atoms with Crippen molar-refractivity contribution in [3.8, 4) is 11.5 Å². The Balaban J connectivity index is 1.75. The number of hydrogen-bond acceptors (Lipinski definition) is 5. The van der Waals surface area contributed by atoms with Crippen molar-refractivity contribution in [3.63, 3.8) is 0 Å². The average molecular weight is 563 g/mol. The molecule has 0 aromatic heterocycles. The van der Waals surface area contributed by atoms with Gasteiger partial charge in [0.2, 0.25) is 5.91 Å². The molecule has 0 radical (unpaired) electrons. The second-order valence-electron chi connectivity index (χ2n) is 6.79. The average Bonchev–Trinajstić information content (AvgIpc) is 2.71. The number of amides is 2. The highest BCUT2D eigenvalue weighted by Crippen LogP contribution is 2.27. The summed E-state index contributed by atoms with van der Waals surface area (Å²) in [5.41, 5.74) is 5.24. The molecule has 3 N–H and O–H groups in total. The predicted molar refractivity (Wildman–Crippen MR) is 132 cm³/mol. The van der Waals surface area contributed by atoms with E-state index in [-0.39, 0.29) is 30.2 Å². The van der Waals surface area contributed by atoms with E-state index < -0.39 is 5.91 Å². The van der Waals surface area contributed by atoms with Crippen LogP contribution in [0.5, 0.6) is 11.5 Å². The molecule has 7 nitrogen and oxygen atoms in total. The van der Waals surface area contributed by atoms with Gasteiger partial charge in [-0.1, -0.05) is 39.1 Å². The number of benzene rings is 2. The fourth-order valence-corrected chi connectivity index (χ4v) is 3.40. The third kappa shape index (κ3) is 8.82. The Labute approximate surface area is 210 Å². The van der Waals surface area contributed by atoms with Crippen LogP contribution in [0.4, 0.5) is 0 Å². The number of thiocarbonyl (C=S) groups is 1. The summed E-state index contributed by atoms with van der Waals surface area (Å²) in [6.07, 6.45) is 0.513. The molecule has 0 unspecified atom stereocenters. The third-order valence-electron chi connectivity index (χ3n) is 3.79. The van der Waals surface area contributed by atoms with Gasteiger partial charge in [0.15, 0.2) is 5.11 Å². The number of halogens is 3. The van der Waals surface area contributed by atoms with E-state index in [0.29, 0.717) is 38.0 Å². The molecule has 172 valence electrons. The molecule has 11 heteroatoms. The van der Waals surface area contributed by atoms with E-state index in [1.54, 1.807) is 36.4 Å². The molecule has 0 saturated heterocycles. The SMILES string of the molecule is CC(C)Oc1ccc(Br)cc1C(=O)NC(=S)NNC(=O)CCCOc1ccc(Cl)cc1Cl. The molecule has 32 heavy (non-hydrogen) atoms. The van der Waals surface area contributed by atoms with Crippen molar-refractivity contribution >= 4 is 68.3 Å². The van der Waals surface area contributed by atoms with E-state index >= 15 is 0 Å². The van der Waals surface area contributed by atoms with E-state index in [0.717, 1.165) is 0 Å². The van der Waals surface area contributed by atoms with Crippen molar-refractivity contribution in [1.29, 1.82) is 0 Å². The van der Waals surface area contributed by atoms with Crippen LogP contribution in [0, 0.1) is 0 Å². The molecule has 0 aliphatic heterocycles. The zero-order valence-electron chi connectivity index (χ0n) is 17.3. The van der Waals surface area contributed by atoms with Crippen LogP contribution in [0.2, 0.25) is 10.0 Å². The normalized spacial score (nSPS) is 10.4. The van der Waals surface area contributed by atoms with Gasteiger partial charge in [0, 0.05) is 15.9 Å². The molecule has 2 rings (SSSR count). The van der Waals surface area contributed by atoms with Gasteiger partial charge in [-0.25, -0.2) is 0 Å². The fourth-order valence-electron chi connectivity index (χ4n) is 2.43. The van der Waals surface area contributed by atoms with Crippen LogP contribution in [-0.4, -0.2) is 29.6 Å². The Morgan fingerprint density at radius 3 is 2.50 bits per heavy atom. The molecule has 0 heterocycles. The Morgan fingerprint density at radius 1 is 1.09 bits per heavy atom. The van der Waals surface area contributed by atoms with E-state index in [2.05, 4.69) is 32.1 Å². The van der Waals surface area contributed by atoms with E-state index in [9.17, 15) is 9.59 Å². The first-order chi connectivity index (χ1) is 15.2. The lowest BCUT2D eigenvalue weighted by Gasteiger charge is -2.15. The van der Waals surface area contributed by atoms with Gasteiger partial charge in [0.25, 0.3) is 5.91 Å². The minimum atomic E-state index is -0.470. The summed E-state index contributed by atoms with van der Waals surface area (Å²) in [6, 6.07) is 10.0. The molecule has 0 fully saturated rings. The summed E-state index contributed by atoms with van der Waals surface area (Å²) < 4.78 is 11.9. The van der Waals surface area contributed by atoms with Crippen LogP contribution in [0.15, 0.2) is 40.9 Å². The number of carbonyl (C=O) groups is 2. The summed E-state index contributed by atoms with van der Waals surface area (Å²) in [4.78, 5) is 24.5.